The Morgan fingerprint density at radius 1 is 1.59 bits per heavy atom. The van der Waals surface area contributed by atoms with E-state index in [-0.39, 0.29) is 5.91 Å². The molecule has 4 heteroatoms. The minimum Gasteiger partial charge on any atom is -0.371 e. The monoisotopic (exact) mass is 296 g/mol. The van der Waals surface area contributed by atoms with Crippen LogP contribution in [0.2, 0.25) is 0 Å². The Labute approximate surface area is 110 Å². The fraction of sp³-hybridized carbons (Fsp3) is 0.308. The molecule has 0 bridgehead atoms. The molecule has 1 aromatic carbocycles. The van der Waals surface area contributed by atoms with Crippen LogP contribution >= 0.6 is 15.9 Å². The van der Waals surface area contributed by atoms with Crippen LogP contribution in [0.4, 0.5) is 5.69 Å². The lowest BCUT2D eigenvalue weighted by Gasteiger charge is -2.28. The van der Waals surface area contributed by atoms with Gasteiger partial charge in [-0.05, 0) is 47.8 Å². The fourth-order valence-electron chi connectivity index (χ4n) is 1.50. The Balaban J connectivity index is 2.90. The molecule has 0 radical (unpaired) electrons. The number of para-hydroxylation sites is 1. The molecule has 92 valence electrons. The molecule has 1 atom stereocenters. The third kappa shape index (κ3) is 3.60. The molecule has 3 nitrogen and oxygen atoms in total. The highest BCUT2D eigenvalue weighted by Gasteiger charge is 2.30. The van der Waals surface area contributed by atoms with E-state index in [1.54, 1.807) is 13.0 Å². The Morgan fingerprint density at radius 3 is 2.76 bits per heavy atom. The van der Waals surface area contributed by atoms with E-state index in [0.717, 1.165) is 16.6 Å². The van der Waals surface area contributed by atoms with E-state index < -0.39 is 5.54 Å². The maximum atomic E-state index is 11.6. The van der Waals surface area contributed by atoms with Crippen LogP contribution in [0.25, 0.3) is 0 Å². The van der Waals surface area contributed by atoms with Gasteiger partial charge in [0.05, 0.1) is 0 Å². The van der Waals surface area contributed by atoms with Gasteiger partial charge in [0.1, 0.15) is 5.54 Å². The van der Waals surface area contributed by atoms with Crippen LogP contribution in [0.15, 0.2) is 41.4 Å². The molecule has 0 saturated carbocycles. The van der Waals surface area contributed by atoms with Crippen molar-refractivity contribution in [3.8, 4) is 0 Å². The highest BCUT2D eigenvalue weighted by Crippen LogP contribution is 2.26. The van der Waals surface area contributed by atoms with E-state index in [4.69, 9.17) is 5.73 Å². The van der Waals surface area contributed by atoms with E-state index in [9.17, 15) is 4.79 Å². The Hall–Kier alpha value is -1.29. The van der Waals surface area contributed by atoms with E-state index in [1.165, 1.54) is 0 Å². The first-order valence-electron chi connectivity index (χ1n) is 5.43. The number of nitrogens with one attached hydrogen (secondary N) is 1. The van der Waals surface area contributed by atoms with Crippen LogP contribution in [0.5, 0.6) is 0 Å². The summed E-state index contributed by atoms with van der Waals surface area (Å²) in [6.07, 6.45) is 3.13. The van der Waals surface area contributed by atoms with Crippen molar-refractivity contribution in [3.05, 3.63) is 41.4 Å². The van der Waals surface area contributed by atoms with Crippen molar-refractivity contribution < 1.29 is 4.79 Å². The second kappa shape index (κ2) is 5.87. The molecule has 0 aliphatic rings. The molecule has 0 aromatic heterocycles. The van der Waals surface area contributed by atoms with Gasteiger partial charge < -0.3 is 11.1 Å². The summed E-state index contributed by atoms with van der Waals surface area (Å²) in [6, 6.07) is 7.64. The topological polar surface area (TPSA) is 55.1 Å². The van der Waals surface area contributed by atoms with Gasteiger partial charge in [-0.25, -0.2) is 0 Å². The summed E-state index contributed by atoms with van der Waals surface area (Å²) in [5.74, 6) is -0.366. The number of primary amides is 1. The molecule has 17 heavy (non-hydrogen) atoms. The highest BCUT2D eigenvalue weighted by molar-refractivity contribution is 9.10. The van der Waals surface area contributed by atoms with Gasteiger partial charge in [-0.2, -0.15) is 0 Å². The number of amides is 1. The van der Waals surface area contributed by atoms with E-state index >= 15 is 0 Å². The van der Waals surface area contributed by atoms with Crippen molar-refractivity contribution in [3.63, 3.8) is 0 Å². The number of anilines is 1. The standard InChI is InChI=1S/C13H17BrN2O/c1-3-4-9-13(2,12(15)17)16-11-8-6-5-7-10(11)14/h3,5-8,16H,1,4,9H2,2H3,(H2,15,17). The Kier molecular flexibility index (Phi) is 4.75. The molecular formula is C13H17BrN2O. The minimum absolute atomic E-state index is 0.366. The summed E-state index contributed by atoms with van der Waals surface area (Å²) in [6.45, 7) is 5.46. The quantitative estimate of drug-likeness (QED) is 0.793. The summed E-state index contributed by atoms with van der Waals surface area (Å²) in [7, 11) is 0. The first-order chi connectivity index (χ1) is 7.99. The van der Waals surface area contributed by atoms with Gasteiger partial charge >= 0.3 is 0 Å². The van der Waals surface area contributed by atoms with Gasteiger partial charge in [-0.1, -0.05) is 18.2 Å². The summed E-state index contributed by atoms with van der Waals surface area (Å²) < 4.78 is 0.908. The molecule has 0 spiro atoms. The van der Waals surface area contributed by atoms with Crippen molar-refractivity contribution in [2.75, 3.05) is 5.32 Å². The lowest BCUT2D eigenvalue weighted by molar-refractivity contribution is -0.121. The largest absolute Gasteiger partial charge is 0.371 e. The van der Waals surface area contributed by atoms with Crippen LogP contribution in [0.1, 0.15) is 19.8 Å². The van der Waals surface area contributed by atoms with Gasteiger partial charge in [0.2, 0.25) is 5.91 Å². The normalized spacial score (nSPS) is 13.8. The molecule has 0 aliphatic heterocycles. The summed E-state index contributed by atoms with van der Waals surface area (Å²) in [5.41, 5.74) is 5.55. The van der Waals surface area contributed by atoms with Crippen LogP contribution < -0.4 is 11.1 Å². The predicted molar refractivity (Wildman–Crippen MR) is 74.8 cm³/mol. The zero-order valence-electron chi connectivity index (χ0n) is 9.87. The predicted octanol–water partition coefficient (Wildman–Crippen LogP) is 3.07. The number of halogens is 1. The molecule has 0 aliphatic carbocycles. The fourth-order valence-corrected chi connectivity index (χ4v) is 1.88. The van der Waals surface area contributed by atoms with Crippen molar-refractivity contribution in [2.45, 2.75) is 25.3 Å². The summed E-state index contributed by atoms with van der Waals surface area (Å²) in [5, 5.41) is 3.19. The molecule has 1 rings (SSSR count). The number of nitrogens with two attached hydrogens (primary N) is 1. The third-order valence-electron chi connectivity index (χ3n) is 2.68. The molecule has 0 heterocycles. The third-order valence-corrected chi connectivity index (χ3v) is 3.37. The number of rotatable bonds is 6. The molecule has 1 aromatic rings. The number of carbonyl (C=O) groups excluding carboxylic acids is 1. The number of allylic oxidation sites excluding steroid dienone is 1. The Morgan fingerprint density at radius 2 is 2.24 bits per heavy atom. The van der Waals surface area contributed by atoms with Crippen LogP contribution in [0, 0.1) is 0 Å². The number of carbonyl (C=O) groups is 1. The second-order valence-corrected chi connectivity index (χ2v) is 4.98. The average Bonchev–Trinajstić information content (AvgIpc) is 2.29. The van der Waals surface area contributed by atoms with Crippen LogP contribution in [0.3, 0.4) is 0 Å². The van der Waals surface area contributed by atoms with Gasteiger partial charge in [0, 0.05) is 10.2 Å². The zero-order valence-corrected chi connectivity index (χ0v) is 11.5. The van der Waals surface area contributed by atoms with Crippen molar-refractivity contribution in [1.82, 2.24) is 0 Å². The average molecular weight is 297 g/mol. The number of hydrogen-bond acceptors (Lipinski definition) is 2. The van der Waals surface area contributed by atoms with Gasteiger partial charge in [0.25, 0.3) is 0 Å². The van der Waals surface area contributed by atoms with Crippen LogP contribution in [-0.4, -0.2) is 11.4 Å². The smallest absolute Gasteiger partial charge is 0.242 e. The van der Waals surface area contributed by atoms with Gasteiger partial charge in [-0.3, -0.25) is 4.79 Å². The molecule has 1 amide bonds. The maximum absolute atomic E-state index is 11.6. The van der Waals surface area contributed by atoms with Crippen molar-refractivity contribution >= 4 is 27.5 Å². The van der Waals surface area contributed by atoms with Gasteiger partial charge in [-0.15, -0.1) is 6.58 Å². The SMILES string of the molecule is C=CCCC(C)(Nc1ccccc1Br)C(N)=O. The lowest BCUT2D eigenvalue weighted by Crippen LogP contribution is -2.47. The summed E-state index contributed by atoms with van der Waals surface area (Å²) in [4.78, 5) is 11.6. The lowest BCUT2D eigenvalue weighted by atomic mass is 9.94. The van der Waals surface area contributed by atoms with Crippen molar-refractivity contribution in [1.29, 1.82) is 0 Å². The molecule has 0 saturated heterocycles. The number of hydrogen-bond donors (Lipinski definition) is 2. The van der Waals surface area contributed by atoms with E-state index in [0.29, 0.717) is 6.42 Å². The maximum Gasteiger partial charge on any atom is 0.242 e. The molecule has 1 unspecified atom stereocenters. The van der Waals surface area contributed by atoms with E-state index in [1.807, 2.05) is 24.3 Å². The number of benzene rings is 1. The van der Waals surface area contributed by atoms with Gasteiger partial charge in [0.15, 0.2) is 0 Å². The summed E-state index contributed by atoms with van der Waals surface area (Å²) >= 11 is 3.43. The first kappa shape index (κ1) is 13.8. The first-order valence-corrected chi connectivity index (χ1v) is 6.22. The second-order valence-electron chi connectivity index (χ2n) is 4.13. The van der Waals surface area contributed by atoms with E-state index in [2.05, 4.69) is 27.8 Å². The molecular weight excluding hydrogens is 280 g/mol. The zero-order chi connectivity index (χ0) is 12.9. The Bertz CT molecular complexity index is 420. The highest BCUT2D eigenvalue weighted by atomic mass is 79.9. The molecule has 3 N–H and O–H groups in total. The van der Waals surface area contributed by atoms with Crippen LogP contribution in [-0.2, 0) is 4.79 Å². The molecule has 0 fully saturated rings. The minimum atomic E-state index is -0.766. The van der Waals surface area contributed by atoms with Crippen molar-refractivity contribution in [2.24, 2.45) is 5.73 Å².